The SMILES string of the molecule is CCN(C)Cc1cccc(CNC(=O)c2ccc(COc3ccccc3)cc2)c1. The van der Waals surface area contributed by atoms with Crippen molar-refractivity contribution in [3.8, 4) is 5.75 Å². The van der Waals surface area contributed by atoms with Crippen molar-refractivity contribution in [1.82, 2.24) is 10.2 Å². The minimum atomic E-state index is -0.0726. The Labute approximate surface area is 173 Å². The molecule has 3 aromatic rings. The number of amides is 1. The average molecular weight is 389 g/mol. The fraction of sp³-hybridized carbons (Fsp3) is 0.240. The molecule has 0 unspecified atom stereocenters. The molecule has 0 saturated heterocycles. The van der Waals surface area contributed by atoms with Crippen LogP contribution in [0.5, 0.6) is 5.75 Å². The molecule has 0 aliphatic rings. The van der Waals surface area contributed by atoms with Gasteiger partial charge in [-0.05, 0) is 54.5 Å². The van der Waals surface area contributed by atoms with E-state index in [9.17, 15) is 4.79 Å². The predicted octanol–water partition coefficient (Wildman–Crippen LogP) is 4.65. The Bertz CT molecular complexity index is 908. The van der Waals surface area contributed by atoms with Crippen LogP contribution in [0.15, 0.2) is 78.9 Å². The first-order valence-corrected chi connectivity index (χ1v) is 9.95. The smallest absolute Gasteiger partial charge is 0.251 e. The third kappa shape index (κ3) is 6.47. The van der Waals surface area contributed by atoms with Gasteiger partial charge in [-0.25, -0.2) is 0 Å². The van der Waals surface area contributed by atoms with Gasteiger partial charge in [-0.2, -0.15) is 0 Å². The van der Waals surface area contributed by atoms with Gasteiger partial charge >= 0.3 is 0 Å². The van der Waals surface area contributed by atoms with Crippen LogP contribution in [0, 0.1) is 0 Å². The maximum Gasteiger partial charge on any atom is 0.251 e. The number of nitrogens with zero attached hydrogens (tertiary/aromatic N) is 1. The highest BCUT2D eigenvalue weighted by atomic mass is 16.5. The first-order chi connectivity index (χ1) is 14.1. The lowest BCUT2D eigenvalue weighted by molar-refractivity contribution is 0.0951. The van der Waals surface area contributed by atoms with Crippen molar-refractivity contribution in [2.24, 2.45) is 0 Å². The molecule has 0 heterocycles. The van der Waals surface area contributed by atoms with E-state index >= 15 is 0 Å². The van der Waals surface area contributed by atoms with E-state index in [0.717, 1.165) is 30.0 Å². The first kappa shape index (κ1) is 20.6. The lowest BCUT2D eigenvalue weighted by Crippen LogP contribution is -2.23. The van der Waals surface area contributed by atoms with Crippen molar-refractivity contribution in [2.45, 2.75) is 26.6 Å². The van der Waals surface area contributed by atoms with E-state index in [0.29, 0.717) is 18.7 Å². The molecule has 0 spiro atoms. The van der Waals surface area contributed by atoms with Crippen LogP contribution in [0.2, 0.25) is 0 Å². The Hall–Kier alpha value is -3.11. The van der Waals surface area contributed by atoms with E-state index in [1.165, 1.54) is 5.56 Å². The third-order valence-corrected chi connectivity index (χ3v) is 4.80. The Morgan fingerprint density at radius 3 is 2.34 bits per heavy atom. The molecule has 150 valence electrons. The second-order valence-electron chi connectivity index (χ2n) is 7.13. The van der Waals surface area contributed by atoms with Gasteiger partial charge in [0.05, 0.1) is 0 Å². The molecule has 0 saturated carbocycles. The number of benzene rings is 3. The highest BCUT2D eigenvalue weighted by molar-refractivity contribution is 5.94. The van der Waals surface area contributed by atoms with Gasteiger partial charge in [0.1, 0.15) is 12.4 Å². The number of hydrogen-bond donors (Lipinski definition) is 1. The molecular formula is C25H28N2O2. The molecule has 0 radical (unpaired) electrons. The number of para-hydroxylation sites is 1. The summed E-state index contributed by atoms with van der Waals surface area (Å²) in [4.78, 5) is 14.7. The van der Waals surface area contributed by atoms with Gasteiger partial charge < -0.3 is 15.0 Å². The number of rotatable bonds is 9. The van der Waals surface area contributed by atoms with Crippen molar-refractivity contribution in [3.63, 3.8) is 0 Å². The van der Waals surface area contributed by atoms with Gasteiger partial charge in [-0.15, -0.1) is 0 Å². The number of carbonyl (C=O) groups is 1. The van der Waals surface area contributed by atoms with E-state index in [2.05, 4.69) is 36.3 Å². The zero-order valence-corrected chi connectivity index (χ0v) is 17.1. The Kier molecular flexibility index (Phi) is 7.42. The Balaban J connectivity index is 1.51. The van der Waals surface area contributed by atoms with E-state index in [-0.39, 0.29) is 5.91 Å². The summed E-state index contributed by atoms with van der Waals surface area (Å²) in [5.74, 6) is 0.762. The molecule has 3 aromatic carbocycles. The van der Waals surface area contributed by atoms with Crippen LogP contribution in [-0.4, -0.2) is 24.4 Å². The minimum Gasteiger partial charge on any atom is -0.489 e. The third-order valence-electron chi connectivity index (χ3n) is 4.80. The van der Waals surface area contributed by atoms with Crippen molar-refractivity contribution in [3.05, 3.63) is 101 Å². The van der Waals surface area contributed by atoms with Crippen molar-refractivity contribution in [2.75, 3.05) is 13.6 Å². The number of carbonyl (C=O) groups excluding carboxylic acids is 1. The molecule has 0 aliphatic carbocycles. The molecule has 4 heteroatoms. The molecular weight excluding hydrogens is 360 g/mol. The van der Waals surface area contributed by atoms with Crippen LogP contribution in [0.1, 0.15) is 34.0 Å². The molecule has 1 amide bonds. The molecule has 4 nitrogen and oxygen atoms in total. The number of hydrogen-bond acceptors (Lipinski definition) is 3. The molecule has 0 fully saturated rings. The predicted molar refractivity (Wildman–Crippen MR) is 117 cm³/mol. The van der Waals surface area contributed by atoms with Crippen molar-refractivity contribution >= 4 is 5.91 Å². The lowest BCUT2D eigenvalue weighted by Gasteiger charge is -2.14. The largest absolute Gasteiger partial charge is 0.489 e. The topological polar surface area (TPSA) is 41.6 Å². The van der Waals surface area contributed by atoms with Gasteiger partial charge in [0.25, 0.3) is 5.91 Å². The fourth-order valence-corrected chi connectivity index (χ4v) is 2.98. The van der Waals surface area contributed by atoms with Gasteiger partial charge in [-0.3, -0.25) is 4.79 Å². The summed E-state index contributed by atoms with van der Waals surface area (Å²) < 4.78 is 5.74. The van der Waals surface area contributed by atoms with Gasteiger partial charge in [0, 0.05) is 18.7 Å². The fourth-order valence-electron chi connectivity index (χ4n) is 2.98. The van der Waals surface area contributed by atoms with Crippen LogP contribution in [0.4, 0.5) is 0 Å². The highest BCUT2D eigenvalue weighted by Crippen LogP contribution is 2.13. The molecule has 0 atom stereocenters. The highest BCUT2D eigenvalue weighted by Gasteiger charge is 2.06. The zero-order chi connectivity index (χ0) is 20.5. The van der Waals surface area contributed by atoms with E-state index < -0.39 is 0 Å². The van der Waals surface area contributed by atoms with Gasteiger partial charge in [0.2, 0.25) is 0 Å². The second-order valence-corrected chi connectivity index (χ2v) is 7.13. The second kappa shape index (κ2) is 10.4. The lowest BCUT2D eigenvalue weighted by atomic mass is 10.1. The summed E-state index contributed by atoms with van der Waals surface area (Å²) in [6.07, 6.45) is 0. The summed E-state index contributed by atoms with van der Waals surface area (Å²) in [6, 6.07) is 25.6. The summed E-state index contributed by atoms with van der Waals surface area (Å²) in [5.41, 5.74) is 4.03. The van der Waals surface area contributed by atoms with E-state index in [4.69, 9.17) is 4.74 Å². The normalized spacial score (nSPS) is 10.7. The summed E-state index contributed by atoms with van der Waals surface area (Å²) in [5, 5.41) is 3.00. The Morgan fingerprint density at radius 2 is 1.62 bits per heavy atom. The van der Waals surface area contributed by atoms with Gasteiger partial charge in [0.15, 0.2) is 0 Å². The summed E-state index contributed by atoms with van der Waals surface area (Å²) in [7, 11) is 2.10. The molecule has 29 heavy (non-hydrogen) atoms. The average Bonchev–Trinajstić information content (AvgIpc) is 2.77. The van der Waals surface area contributed by atoms with Gasteiger partial charge in [-0.1, -0.05) is 61.5 Å². The van der Waals surface area contributed by atoms with Crippen LogP contribution in [-0.2, 0) is 19.7 Å². The maximum absolute atomic E-state index is 12.5. The number of ether oxygens (including phenoxy) is 1. The molecule has 0 aromatic heterocycles. The van der Waals surface area contributed by atoms with Crippen molar-refractivity contribution < 1.29 is 9.53 Å². The molecule has 0 aliphatic heterocycles. The van der Waals surface area contributed by atoms with Crippen LogP contribution < -0.4 is 10.1 Å². The van der Waals surface area contributed by atoms with Crippen LogP contribution in [0.25, 0.3) is 0 Å². The first-order valence-electron chi connectivity index (χ1n) is 9.95. The van der Waals surface area contributed by atoms with Crippen LogP contribution >= 0.6 is 0 Å². The van der Waals surface area contributed by atoms with E-state index in [1.54, 1.807) is 0 Å². The minimum absolute atomic E-state index is 0.0726. The molecule has 0 bridgehead atoms. The standard InChI is InChI=1S/C25H28N2O2/c1-3-27(2)18-22-9-7-8-21(16-22)17-26-25(28)23-14-12-20(13-15-23)19-29-24-10-5-4-6-11-24/h4-16H,3,17-19H2,1-2H3,(H,26,28). The quantitative estimate of drug-likeness (QED) is 0.580. The molecule has 1 N–H and O–H groups in total. The summed E-state index contributed by atoms with van der Waals surface area (Å²) >= 11 is 0. The van der Waals surface area contributed by atoms with E-state index in [1.807, 2.05) is 66.7 Å². The maximum atomic E-state index is 12.5. The zero-order valence-electron chi connectivity index (χ0n) is 17.1. The van der Waals surface area contributed by atoms with Crippen LogP contribution in [0.3, 0.4) is 0 Å². The monoisotopic (exact) mass is 388 g/mol. The van der Waals surface area contributed by atoms with Crippen molar-refractivity contribution in [1.29, 1.82) is 0 Å². The summed E-state index contributed by atoms with van der Waals surface area (Å²) in [6.45, 7) is 5.05. The number of nitrogens with one attached hydrogen (secondary N) is 1. The molecule has 3 rings (SSSR count). The Morgan fingerprint density at radius 1 is 0.897 bits per heavy atom.